The molecule has 2 fully saturated rings. The van der Waals surface area contributed by atoms with Gasteiger partial charge in [-0.1, -0.05) is 76.8 Å². The molecule has 0 aliphatic heterocycles. The van der Waals surface area contributed by atoms with E-state index >= 15 is 0 Å². The molecule has 0 saturated heterocycles. The summed E-state index contributed by atoms with van der Waals surface area (Å²) in [4.78, 5) is 0. The second-order valence-electron chi connectivity index (χ2n) is 9.34. The van der Waals surface area contributed by atoms with E-state index in [0.29, 0.717) is 0 Å². The third kappa shape index (κ3) is 5.64. The van der Waals surface area contributed by atoms with Crippen molar-refractivity contribution in [2.75, 3.05) is 14.2 Å². The Kier molecular flexibility index (Phi) is 8.31. The van der Waals surface area contributed by atoms with Gasteiger partial charge in [-0.3, -0.25) is 0 Å². The van der Waals surface area contributed by atoms with E-state index in [9.17, 15) is 0 Å². The van der Waals surface area contributed by atoms with Crippen LogP contribution in [0, 0.1) is 0 Å². The zero-order valence-electron chi connectivity index (χ0n) is 19.4. The lowest BCUT2D eigenvalue weighted by molar-refractivity contribution is 0.387. The zero-order chi connectivity index (χ0) is 21.5. The van der Waals surface area contributed by atoms with Crippen LogP contribution in [0.15, 0.2) is 42.5 Å². The molecule has 0 radical (unpaired) electrons. The lowest BCUT2D eigenvalue weighted by Gasteiger charge is -2.39. The van der Waals surface area contributed by atoms with Crippen molar-refractivity contribution in [1.29, 1.82) is 0 Å². The van der Waals surface area contributed by atoms with Gasteiger partial charge in [0.2, 0.25) is 0 Å². The van der Waals surface area contributed by atoms with Crippen LogP contribution in [0.25, 0.3) is 0 Å². The molecule has 4 rings (SSSR count). The molecule has 2 aliphatic carbocycles. The Balaban J connectivity index is 1.61. The molecule has 31 heavy (non-hydrogen) atoms. The summed E-state index contributed by atoms with van der Waals surface area (Å²) in [6, 6.07) is 15.3. The average molecular weight is 439 g/mol. The highest BCUT2D eigenvalue weighted by molar-refractivity contribution is 7.58. The topological polar surface area (TPSA) is 18.5 Å². The molecule has 0 N–H and O–H groups in total. The van der Waals surface area contributed by atoms with Gasteiger partial charge in [-0.2, -0.15) is 0 Å². The van der Waals surface area contributed by atoms with Gasteiger partial charge in [-0.15, -0.1) is 0 Å². The van der Waals surface area contributed by atoms with E-state index in [4.69, 9.17) is 9.47 Å². The molecule has 2 aromatic rings. The number of hydrogen-bond acceptors (Lipinski definition) is 2. The van der Waals surface area contributed by atoms with Crippen molar-refractivity contribution in [2.24, 2.45) is 0 Å². The van der Waals surface area contributed by atoms with Crippen molar-refractivity contribution < 1.29 is 9.47 Å². The first-order valence-electron chi connectivity index (χ1n) is 12.3. The van der Waals surface area contributed by atoms with E-state index in [1.807, 2.05) is 6.07 Å². The van der Waals surface area contributed by atoms with Crippen molar-refractivity contribution >= 4 is 7.92 Å². The van der Waals surface area contributed by atoms with E-state index in [1.165, 1.54) is 81.5 Å². The molecule has 2 aliphatic rings. The van der Waals surface area contributed by atoms with Crippen molar-refractivity contribution in [3.63, 3.8) is 0 Å². The number of benzene rings is 2. The Hall–Kier alpha value is -1.53. The maximum Gasteiger partial charge on any atom is 0.126 e. The van der Waals surface area contributed by atoms with Crippen molar-refractivity contribution in [2.45, 2.75) is 88.1 Å². The SMILES string of the molecule is COc1cccc(OC)c1Cc1ccccc1CP(C1CCCCC1)C1CCCCC1. The van der Waals surface area contributed by atoms with Crippen LogP contribution in [0.2, 0.25) is 0 Å². The molecule has 0 atom stereocenters. The molecule has 2 aromatic carbocycles. The van der Waals surface area contributed by atoms with Crippen LogP contribution in [0.5, 0.6) is 11.5 Å². The van der Waals surface area contributed by atoms with Gasteiger partial charge >= 0.3 is 0 Å². The Labute approximate surface area is 190 Å². The quantitative estimate of drug-likeness (QED) is 0.389. The molecule has 0 heterocycles. The van der Waals surface area contributed by atoms with Crippen LogP contribution in [0.4, 0.5) is 0 Å². The van der Waals surface area contributed by atoms with Crippen LogP contribution in [0.1, 0.15) is 80.9 Å². The minimum Gasteiger partial charge on any atom is -0.496 e. The monoisotopic (exact) mass is 438 g/mol. The number of hydrogen-bond donors (Lipinski definition) is 0. The maximum absolute atomic E-state index is 5.70. The van der Waals surface area contributed by atoms with Crippen LogP contribution < -0.4 is 9.47 Å². The summed E-state index contributed by atoms with van der Waals surface area (Å²) in [7, 11) is 3.57. The summed E-state index contributed by atoms with van der Waals surface area (Å²) in [6.45, 7) is 0. The highest BCUT2D eigenvalue weighted by atomic mass is 31.1. The summed E-state index contributed by atoms with van der Waals surface area (Å²) in [5.41, 5.74) is 6.16. The Bertz CT molecular complexity index is 781. The Morgan fingerprint density at radius 1 is 0.677 bits per heavy atom. The molecule has 2 saturated carbocycles. The van der Waals surface area contributed by atoms with E-state index in [1.54, 1.807) is 19.8 Å². The predicted molar refractivity (Wildman–Crippen MR) is 133 cm³/mol. The summed E-state index contributed by atoms with van der Waals surface area (Å²) < 4.78 is 11.4. The van der Waals surface area contributed by atoms with E-state index in [-0.39, 0.29) is 7.92 Å². The van der Waals surface area contributed by atoms with Gasteiger partial charge in [0.15, 0.2) is 0 Å². The molecule has 0 unspecified atom stereocenters. The van der Waals surface area contributed by atoms with Gasteiger partial charge in [-0.25, -0.2) is 0 Å². The molecule has 0 spiro atoms. The summed E-state index contributed by atoms with van der Waals surface area (Å²) >= 11 is 0. The standard InChI is InChI=1S/C28H39O2P/c1-29-27-18-11-19-28(30-2)26(27)20-22-12-9-10-13-23(22)21-31(24-14-5-3-6-15-24)25-16-7-4-8-17-25/h9-13,18-19,24-25H,3-8,14-17,20-21H2,1-2H3. The molecule has 0 amide bonds. The van der Waals surface area contributed by atoms with Crippen LogP contribution in [0.3, 0.4) is 0 Å². The van der Waals surface area contributed by atoms with Crippen LogP contribution in [-0.4, -0.2) is 25.5 Å². The smallest absolute Gasteiger partial charge is 0.126 e. The second kappa shape index (κ2) is 11.4. The Morgan fingerprint density at radius 3 is 1.71 bits per heavy atom. The van der Waals surface area contributed by atoms with Crippen LogP contribution >= 0.6 is 7.92 Å². The summed E-state index contributed by atoms with van der Waals surface area (Å²) in [6.07, 6.45) is 16.8. The van der Waals surface area contributed by atoms with Gasteiger partial charge in [0.25, 0.3) is 0 Å². The van der Waals surface area contributed by atoms with Gasteiger partial charge in [0.05, 0.1) is 14.2 Å². The Morgan fingerprint density at radius 2 is 1.19 bits per heavy atom. The van der Waals surface area contributed by atoms with Crippen molar-refractivity contribution in [3.8, 4) is 11.5 Å². The lowest BCUT2D eigenvalue weighted by atomic mass is 9.99. The molecule has 3 heteroatoms. The largest absolute Gasteiger partial charge is 0.496 e. The average Bonchev–Trinajstić information content (AvgIpc) is 2.84. The van der Waals surface area contributed by atoms with Gasteiger partial charge in [-0.05, 0) is 66.4 Å². The molecular formula is C28H39O2P. The van der Waals surface area contributed by atoms with Gasteiger partial charge in [0, 0.05) is 12.0 Å². The zero-order valence-corrected chi connectivity index (χ0v) is 20.3. The fourth-order valence-electron chi connectivity index (χ4n) is 5.76. The molecule has 0 aromatic heterocycles. The van der Waals surface area contributed by atoms with E-state index in [2.05, 4.69) is 36.4 Å². The number of rotatable bonds is 8. The highest BCUT2D eigenvalue weighted by Gasteiger charge is 2.31. The van der Waals surface area contributed by atoms with E-state index < -0.39 is 0 Å². The lowest BCUT2D eigenvalue weighted by Crippen LogP contribution is -2.21. The van der Waals surface area contributed by atoms with E-state index in [0.717, 1.165) is 29.2 Å². The third-order valence-corrected chi connectivity index (χ3v) is 11.1. The first-order chi connectivity index (χ1) is 15.3. The first kappa shape index (κ1) is 22.7. The minimum atomic E-state index is 0.0508. The third-order valence-electron chi connectivity index (χ3n) is 7.46. The minimum absolute atomic E-state index is 0.0508. The predicted octanol–water partition coefficient (Wildman–Crippen LogP) is 7.94. The van der Waals surface area contributed by atoms with Gasteiger partial charge < -0.3 is 9.47 Å². The van der Waals surface area contributed by atoms with Crippen LogP contribution in [-0.2, 0) is 12.6 Å². The van der Waals surface area contributed by atoms with Crippen molar-refractivity contribution in [3.05, 3.63) is 59.2 Å². The van der Waals surface area contributed by atoms with Crippen molar-refractivity contribution in [1.82, 2.24) is 0 Å². The fourth-order valence-corrected chi connectivity index (χ4v) is 9.63. The summed E-state index contributed by atoms with van der Waals surface area (Å²) in [5, 5.41) is 0. The number of ether oxygens (including phenoxy) is 2. The normalized spacial score (nSPS) is 18.3. The molecule has 168 valence electrons. The molecular weight excluding hydrogens is 399 g/mol. The molecule has 0 bridgehead atoms. The number of methoxy groups -OCH3 is 2. The highest BCUT2D eigenvalue weighted by Crippen LogP contribution is 2.58. The summed E-state index contributed by atoms with van der Waals surface area (Å²) in [5.74, 6) is 1.85. The fraction of sp³-hybridized carbons (Fsp3) is 0.571. The second-order valence-corrected chi connectivity index (χ2v) is 12.1. The first-order valence-corrected chi connectivity index (χ1v) is 14.0. The molecule has 2 nitrogen and oxygen atoms in total. The maximum atomic E-state index is 5.70. The van der Waals surface area contributed by atoms with Gasteiger partial charge in [0.1, 0.15) is 11.5 Å².